The molecule has 0 saturated carbocycles. The molecule has 1 aliphatic heterocycles. The van der Waals surface area contributed by atoms with E-state index >= 15 is 0 Å². The third kappa shape index (κ3) is 8.34. The van der Waals surface area contributed by atoms with Gasteiger partial charge in [-0.05, 0) is 44.9 Å². The lowest BCUT2D eigenvalue weighted by Gasteiger charge is -2.42. The molecule has 0 unspecified atom stereocenters. The van der Waals surface area contributed by atoms with Crippen LogP contribution in [0.1, 0.15) is 84.5 Å². The summed E-state index contributed by atoms with van der Waals surface area (Å²) in [4.78, 5) is 0. The van der Waals surface area contributed by atoms with Gasteiger partial charge in [0, 0.05) is 0 Å². The molecule has 0 aliphatic carbocycles. The van der Waals surface area contributed by atoms with Gasteiger partial charge in [0.1, 0.15) is 0 Å². The number of halogens is 1. The standard InChI is InChI=1S/C17H36N.BrH/c1-3-5-7-10-14-18(15-11-8-6-4-2)16-12-9-13-17-18;/h3-17H2,1-2H3;1H/q+1;/p-1. The van der Waals surface area contributed by atoms with Crippen LogP contribution in [0.15, 0.2) is 0 Å². The van der Waals surface area contributed by atoms with Crippen molar-refractivity contribution in [2.24, 2.45) is 0 Å². The van der Waals surface area contributed by atoms with Crippen LogP contribution in [0.2, 0.25) is 0 Å². The SMILES string of the molecule is CCCCCC[N+]1(CCCCCC)CCCCC1.[Br-]. The Morgan fingerprint density at radius 2 is 1.11 bits per heavy atom. The van der Waals surface area contributed by atoms with Crippen LogP contribution in [-0.4, -0.2) is 30.7 Å². The van der Waals surface area contributed by atoms with E-state index in [0.717, 1.165) is 0 Å². The van der Waals surface area contributed by atoms with E-state index in [1.54, 1.807) is 0 Å². The first-order valence-electron chi connectivity index (χ1n) is 8.68. The zero-order valence-corrected chi connectivity index (χ0v) is 15.0. The molecule has 1 fully saturated rings. The molecule has 0 aromatic heterocycles. The van der Waals surface area contributed by atoms with E-state index in [4.69, 9.17) is 0 Å². The van der Waals surface area contributed by atoms with Crippen LogP contribution in [0.25, 0.3) is 0 Å². The largest absolute Gasteiger partial charge is 1.00 e. The molecule has 1 nitrogen and oxygen atoms in total. The molecule has 0 aromatic carbocycles. The maximum absolute atomic E-state index is 2.32. The Hall–Kier alpha value is 0.440. The predicted octanol–water partition coefficient (Wildman–Crippen LogP) is 2.15. The second-order valence-electron chi connectivity index (χ2n) is 6.42. The first kappa shape index (κ1) is 19.4. The zero-order chi connectivity index (χ0) is 13.1. The highest BCUT2D eigenvalue weighted by atomic mass is 79.9. The topological polar surface area (TPSA) is 0 Å². The maximum Gasteiger partial charge on any atom is 0.0786 e. The third-order valence-corrected chi connectivity index (χ3v) is 4.74. The molecular formula is C17H36BrN. The van der Waals surface area contributed by atoms with Gasteiger partial charge in [-0.25, -0.2) is 0 Å². The van der Waals surface area contributed by atoms with Crippen molar-refractivity contribution < 1.29 is 21.5 Å². The minimum Gasteiger partial charge on any atom is -1.00 e. The van der Waals surface area contributed by atoms with Crippen LogP contribution in [-0.2, 0) is 0 Å². The van der Waals surface area contributed by atoms with Crippen LogP contribution >= 0.6 is 0 Å². The summed E-state index contributed by atoms with van der Waals surface area (Å²) in [5.41, 5.74) is 0. The zero-order valence-electron chi connectivity index (χ0n) is 13.4. The number of rotatable bonds is 10. The summed E-state index contributed by atoms with van der Waals surface area (Å²) in [6.07, 6.45) is 16.0. The van der Waals surface area contributed by atoms with E-state index in [9.17, 15) is 0 Å². The third-order valence-electron chi connectivity index (χ3n) is 4.74. The molecule has 19 heavy (non-hydrogen) atoms. The number of quaternary nitrogens is 1. The Balaban J connectivity index is 0.00000324. The van der Waals surface area contributed by atoms with Crippen LogP contribution in [0.4, 0.5) is 0 Å². The molecule has 2 heteroatoms. The van der Waals surface area contributed by atoms with Crippen molar-refractivity contribution in [1.82, 2.24) is 0 Å². The Morgan fingerprint density at radius 1 is 0.632 bits per heavy atom. The molecule has 0 radical (unpaired) electrons. The van der Waals surface area contributed by atoms with Gasteiger partial charge in [-0.1, -0.05) is 39.5 Å². The molecule has 0 spiro atoms. The van der Waals surface area contributed by atoms with Gasteiger partial charge in [0.15, 0.2) is 0 Å². The summed E-state index contributed by atoms with van der Waals surface area (Å²) >= 11 is 0. The van der Waals surface area contributed by atoms with Crippen molar-refractivity contribution in [1.29, 1.82) is 0 Å². The van der Waals surface area contributed by atoms with Crippen LogP contribution < -0.4 is 17.0 Å². The highest BCUT2D eigenvalue weighted by molar-refractivity contribution is 4.56. The quantitative estimate of drug-likeness (QED) is 0.424. The van der Waals surface area contributed by atoms with Crippen molar-refractivity contribution in [2.75, 3.05) is 26.2 Å². The fourth-order valence-electron chi connectivity index (χ4n) is 3.49. The Kier molecular flexibility index (Phi) is 12.5. The first-order chi connectivity index (χ1) is 8.83. The Bertz CT molecular complexity index is 174. The monoisotopic (exact) mass is 333 g/mol. The molecule has 116 valence electrons. The molecule has 1 rings (SSSR count). The van der Waals surface area contributed by atoms with Gasteiger partial charge >= 0.3 is 0 Å². The van der Waals surface area contributed by atoms with Gasteiger partial charge in [-0.3, -0.25) is 0 Å². The number of hydrogen-bond acceptors (Lipinski definition) is 0. The van der Waals surface area contributed by atoms with Gasteiger partial charge in [-0.15, -0.1) is 0 Å². The van der Waals surface area contributed by atoms with Gasteiger partial charge in [0.05, 0.1) is 26.2 Å². The first-order valence-corrected chi connectivity index (χ1v) is 8.68. The van der Waals surface area contributed by atoms with Crippen LogP contribution in [0.3, 0.4) is 0 Å². The molecule has 0 bridgehead atoms. The normalized spacial score (nSPS) is 18.0. The fourth-order valence-corrected chi connectivity index (χ4v) is 3.49. The smallest absolute Gasteiger partial charge is 0.0786 e. The summed E-state index contributed by atoms with van der Waals surface area (Å²) < 4.78 is 1.48. The molecule has 0 atom stereocenters. The number of unbranched alkanes of at least 4 members (excludes halogenated alkanes) is 6. The van der Waals surface area contributed by atoms with Gasteiger partial charge in [0.25, 0.3) is 0 Å². The van der Waals surface area contributed by atoms with E-state index in [0.29, 0.717) is 0 Å². The second kappa shape index (κ2) is 12.2. The van der Waals surface area contributed by atoms with E-state index in [1.165, 1.54) is 101 Å². The molecule has 0 amide bonds. The minimum atomic E-state index is 0. The summed E-state index contributed by atoms with van der Waals surface area (Å²) in [7, 11) is 0. The van der Waals surface area contributed by atoms with E-state index in [-0.39, 0.29) is 17.0 Å². The maximum atomic E-state index is 2.32. The van der Waals surface area contributed by atoms with Gasteiger partial charge in [0.2, 0.25) is 0 Å². The van der Waals surface area contributed by atoms with E-state index in [2.05, 4.69) is 13.8 Å². The van der Waals surface area contributed by atoms with Crippen molar-refractivity contribution in [3.05, 3.63) is 0 Å². The van der Waals surface area contributed by atoms with Crippen molar-refractivity contribution in [3.63, 3.8) is 0 Å². The molecule has 0 aromatic rings. The molecule has 1 saturated heterocycles. The van der Waals surface area contributed by atoms with Crippen molar-refractivity contribution >= 4 is 0 Å². The molecular weight excluding hydrogens is 298 g/mol. The van der Waals surface area contributed by atoms with E-state index in [1.807, 2.05) is 0 Å². The Morgan fingerprint density at radius 3 is 1.53 bits per heavy atom. The minimum absolute atomic E-state index is 0. The summed E-state index contributed by atoms with van der Waals surface area (Å²) in [6, 6.07) is 0. The average Bonchev–Trinajstić information content (AvgIpc) is 2.41. The van der Waals surface area contributed by atoms with Crippen LogP contribution in [0.5, 0.6) is 0 Å². The lowest BCUT2D eigenvalue weighted by molar-refractivity contribution is -0.932. The number of likely N-dealkylation sites (tertiary alicyclic amines) is 1. The summed E-state index contributed by atoms with van der Waals surface area (Å²) in [5, 5.41) is 0. The van der Waals surface area contributed by atoms with Crippen molar-refractivity contribution in [3.8, 4) is 0 Å². The fraction of sp³-hybridized carbons (Fsp3) is 1.00. The molecule has 1 aliphatic rings. The number of hydrogen-bond donors (Lipinski definition) is 0. The van der Waals surface area contributed by atoms with Gasteiger partial charge in [-0.2, -0.15) is 0 Å². The predicted molar refractivity (Wildman–Crippen MR) is 81.9 cm³/mol. The summed E-state index contributed by atoms with van der Waals surface area (Å²) in [6.45, 7) is 10.6. The van der Waals surface area contributed by atoms with Crippen molar-refractivity contribution in [2.45, 2.75) is 84.5 Å². The number of piperidine rings is 1. The van der Waals surface area contributed by atoms with Crippen LogP contribution in [0, 0.1) is 0 Å². The lowest BCUT2D eigenvalue weighted by atomic mass is 10.0. The highest BCUT2D eigenvalue weighted by Crippen LogP contribution is 2.22. The molecule has 1 heterocycles. The van der Waals surface area contributed by atoms with E-state index < -0.39 is 0 Å². The van der Waals surface area contributed by atoms with Gasteiger partial charge < -0.3 is 21.5 Å². The Labute approximate surface area is 132 Å². The molecule has 0 N–H and O–H groups in total. The lowest BCUT2D eigenvalue weighted by Crippen LogP contribution is -3.00. The summed E-state index contributed by atoms with van der Waals surface area (Å²) in [5.74, 6) is 0. The second-order valence-corrected chi connectivity index (χ2v) is 6.42. The number of nitrogens with zero attached hydrogens (tertiary/aromatic N) is 1. The highest BCUT2D eigenvalue weighted by Gasteiger charge is 2.28. The average molecular weight is 334 g/mol.